The number of rotatable bonds is 4. The molecule has 6 heteroatoms. The second-order valence-electron chi connectivity index (χ2n) is 6.92. The van der Waals surface area contributed by atoms with Gasteiger partial charge in [-0.2, -0.15) is 5.10 Å². The number of hydrogen-bond donors (Lipinski definition) is 1. The monoisotopic (exact) mass is 335 g/mol. The maximum absolute atomic E-state index is 12.5. The predicted octanol–water partition coefficient (Wildman–Crippen LogP) is 3.49. The molecule has 0 fully saturated rings. The van der Waals surface area contributed by atoms with Crippen molar-refractivity contribution in [3.05, 3.63) is 65.2 Å². The minimum atomic E-state index is -0.180. The van der Waals surface area contributed by atoms with Gasteiger partial charge in [0.15, 0.2) is 5.69 Å². The lowest BCUT2D eigenvalue weighted by Crippen LogP contribution is -2.13. The van der Waals surface area contributed by atoms with Crippen molar-refractivity contribution in [2.24, 2.45) is 0 Å². The first-order valence-electron chi connectivity index (χ1n) is 8.12. The zero-order valence-electron chi connectivity index (χ0n) is 14.8. The standard InChI is InChI=1S/C19H21N5O/c1-13-17(21-23-24(13)15-8-6-5-7-9-15)16(25)11-10-14-12-20-22-18(14)19(2,3)4/h5-12H,1-4H3,(H,20,22). The molecular formula is C19H21N5O. The molecule has 0 aliphatic rings. The molecule has 0 aliphatic carbocycles. The minimum absolute atomic E-state index is 0.0778. The van der Waals surface area contributed by atoms with E-state index in [4.69, 9.17) is 0 Å². The number of carbonyl (C=O) groups excluding carboxylic acids is 1. The number of carbonyl (C=O) groups is 1. The number of allylic oxidation sites excluding steroid dienone is 1. The Balaban J connectivity index is 1.86. The number of nitrogens with zero attached hydrogens (tertiary/aromatic N) is 4. The van der Waals surface area contributed by atoms with E-state index in [1.54, 1.807) is 17.0 Å². The van der Waals surface area contributed by atoms with Crippen LogP contribution in [0.15, 0.2) is 42.6 Å². The summed E-state index contributed by atoms with van der Waals surface area (Å²) in [7, 11) is 0. The van der Waals surface area contributed by atoms with Crippen LogP contribution >= 0.6 is 0 Å². The molecule has 2 aromatic heterocycles. The molecule has 1 N–H and O–H groups in total. The average Bonchev–Trinajstić information content (AvgIpc) is 3.19. The Morgan fingerprint density at radius 2 is 1.92 bits per heavy atom. The van der Waals surface area contributed by atoms with Crippen molar-refractivity contribution in [1.82, 2.24) is 25.2 Å². The number of benzene rings is 1. The lowest BCUT2D eigenvalue weighted by molar-refractivity contribution is 0.104. The van der Waals surface area contributed by atoms with Gasteiger partial charge in [0.2, 0.25) is 5.78 Å². The largest absolute Gasteiger partial charge is 0.287 e. The van der Waals surface area contributed by atoms with Crippen LogP contribution in [0.4, 0.5) is 0 Å². The van der Waals surface area contributed by atoms with E-state index in [9.17, 15) is 4.79 Å². The van der Waals surface area contributed by atoms with Gasteiger partial charge in [-0.25, -0.2) is 4.68 Å². The van der Waals surface area contributed by atoms with Crippen LogP contribution < -0.4 is 0 Å². The molecule has 128 valence electrons. The molecule has 0 bridgehead atoms. The van der Waals surface area contributed by atoms with Crippen LogP contribution in [-0.4, -0.2) is 31.0 Å². The van der Waals surface area contributed by atoms with Crippen LogP contribution in [0, 0.1) is 6.92 Å². The number of ketones is 1. The van der Waals surface area contributed by atoms with Gasteiger partial charge >= 0.3 is 0 Å². The highest BCUT2D eigenvalue weighted by Crippen LogP contribution is 2.24. The lowest BCUT2D eigenvalue weighted by Gasteiger charge is -2.17. The fourth-order valence-electron chi connectivity index (χ4n) is 2.64. The highest BCUT2D eigenvalue weighted by Gasteiger charge is 2.19. The number of hydrogen-bond acceptors (Lipinski definition) is 4. The summed E-state index contributed by atoms with van der Waals surface area (Å²) >= 11 is 0. The van der Waals surface area contributed by atoms with Crippen LogP contribution in [0.1, 0.15) is 48.2 Å². The summed E-state index contributed by atoms with van der Waals surface area (Å²) < 4.78 is 1.67. The van der Waals surface area contributed by atoms with Crippen molar-refractivity contribution < 1.29 is 4.79 Å². The molecule has 0 aliphatic heterocycles. The molecule has 0 radical (unpaired) electrons. The Labute approximate surface area is 146 Å². The molecule has 2 heterocycles. The fraction of sp³-hybridized carbons (Fsp3) is 0.263. The van der Waals surface area contributed by atoms with Gasteiger partial charge in [-0.15, -0.1) is 5.10 Å². The van der Waals surface area contributed by atoms with E-state index in [1.165, 1.54) is 6.08 Å². The molecule has 0 amide bonds. The zero-order valence-corrected chi connectivity index (χ0v) is 14.8. The van der Waals surface area contributed by atoms with Crippen LogP contribution in [0.2, 0.25) is 0 Å². The van der Waals surface area contributed by atoms with Gasteiger partial charge in [-0.1, -0.05) is 44.2 Å². The van der Waals surface area contributed by atoms with E-state index in [1.807, 2.05) is 37.3 Å². The third-order valence-corrected chi connectivity index (χ3v) is 3.96. The summed E-state index contributed by atoms with van der Waals surface area (Å²) in [6.45, 7) is 8.12. The second-order valence-corrected chi connectivity index (χ2v) is 6.92. The van der Waals surface area contributed by atoms with E-state index in [-0.39, 0.29) is 11.2 Å². The van der Waals surface area contributed by atoms with Gasteiger partial charge in [0, 0.05) is 16.7 Å². The Hall–Kier alpha value is -3.02. The molecule has 6 nitrogen and oxygen atoms in total. The smallest absolute Gasteiger partial charge is 0.208 e. The Kier molecular flexibility index (Phi) is 4.35. The predicted molar refractivity (Wildman–Crippen MR) is 96.7 cm³/mol. The summed E-state index contributed by atoms with van der Waals surface area (Å²) in [5.74, 6) is -0.180. The van der Waals surface area contributed by atoms with Crippen molar-refractivity contribution in [3.8, 4) is 5.69 Å². The molecule has 1 aromatic carbocycles. The second kappa shape index (κ2) is 6.47. The number of para-hydroxylation sites is 1. The molecule has 0 unspecified atom stereocenters. The van der Waals surface area contributed by atoms with E-state index < -0.39 is 0 Å². The van der Waals surface area contributed by atoms with E-state index in [0.29, 0.717) is 11.4 Å². The molecule has 0 atom stereocenters. The third-order valence-electron chi connectivity index (χ3n) is 3.96. The third kappa shape index (κ3) is 3.42. The van der Waals surface area contributed by atoms with Gasteiger partial charge in [0.05, 0.1) is 17.6 Å². The summed E-state index contributed by atoms with van der Waals surface area (Å²) in [6.07, 6.45) is 5.01. The normalized spacial score (nSPS) is 12.0. The summed E-state index contributed by atoms with van der Waals surface area (Å²) in [6, 6.07) is 9.62. The van der Waals surface area contributed by atoms with Crippen molar-refractivity contribution in [1.29, 1.82) is 0 Å². The van der Waals surface area contributed by atoms with Crippen molar-refractivity contribution in [2.75, 3.05) is 0 Å². The SMILES string of the molecule is Cc1c(C(=O)C=Cc2cn[nH]c2C(C)(C)C)nnn1-c1ccccc1. The van der Waals surface area contributed by atoms with Gasteiger partial charge in [-0.05, 0) is 31.2 Å². The Morgan fingerprint density at radius 1 is 1.20 bits per heavy atom. The quantitative estimate of drug-likeness (QED) is 0.585. The maximum Gasteiger partial charge on any atom is 0.208 e. The molecule has 0 spiro atoms. The number of H-pyrrole nitrogens is 1. The fourth-order valence-corrected chi connectivity index (χ4v) is 2.64. The molecule has 3 aromatic rings. The zero-order chi connectivity index (χ0) is 18.0. The van der Waals surface area contributed by atoms with Crippen LogP contribution in [-0.2, 0) is 5.41 Å². The van der Waals surface area contributed by atoms with E-state index >= 15 is 0 Å². The summed E-state index contributed by atoms with van der Waals surface area (Å²) in [4.78, 5) is 12.5. The van der Waals surface area contributed by atoms with E-state index in [2.05, 4.69) is 41.3 Å². The summed E-state index contributed by atoms with van der Waals surface area (Å²) in [5.41, 5.74) is 3.74. The van der Waals surface area contributed by atoms with Gasteiger partial charge < -0.3 is 0 Å². The van der Waals surface area contributed by atoms with Gasteiger partial charge in [0.1, 0.15) is 0 Å². The van der Waals surface area contributed by atoms with Crippen molar-refractivity contribution in [2.45, 2.75) is 33.1 Å². The summed E-state index contributed by atoms with van der Waals surface area (Å²) in [5, 5.41) is 15.2. The topological polar surface area (TPSA) is 76.5 Å². The highest BCUT2D eigenvalue weighted by molar-refractivity contribution is 6.06. The Bertz CT molecular complexity index is 913. The van der Waals surface area contributed by atoms with Gasteiger partial charge in [-0.3, -0.25) is 9.89 Å². The van der Waals surface area contributed by atoms with Crippen LogP contribution in [0.25, 0.3) is 11.8 Å². The molecule has 3 rings (SSSR count). The Morgan fingerprint density at radius 3 is 2.60 bits per heavy atom. The molecule has 0 saturated carbocycles. The first-order chi connectivity index (χ1) is 11.9. The minimum Gasteiger partial charge on any atom is -0.287 e. The number of aromatic amines is 1. The molecule has 25 heavy (non-hydrogen) atoms. The highest BCUT2D eigenvalue weighted by atomic mass is 16.1. The average molecular weight is 335 g/mol. The maximum atomic E-state index is 12.5. The first kappa shape index (κ1) is 16.8. The van der Waals surface area contributed by atoms with E-state index in [0.717, 1.165) is 16.9 Å². The number of aromatic nitrogens is 5. The molecule has 0 saturated heterocycles. The van der Waals surface area contributed by atoms with Crippen molar-refractivity contribution >= 4 is 11.9 Å². The lowest BCUT2D eigenvalue weighted by atomic mass is 9.89. The molecular weight excluding hydrogens is 314 g/mol. The van der Waals surface area contributed by atoms with Crippen molar-refractivity contribution in [3.63, 3.8) is 0 Å². The van der Waals surface area contributed by atoms with Gasteiger partial charge in [0.25, 0.3) is 0 Å². The number of nitrogens with one attached hydrogen (secondary N) is 1. The van der Waals surface area contributed by atoms with Crippen LogP contribution in [0.3, 0.4) is 0 Å². The van der Waals surface area contributed by atoms with Crippen LogP contribution in [0.5, 0.6) is 0 Å². The first-order valence-corrected chi connectivity index (χ1v) is 8.12.